The second-order valence-corrected chi connectivity index (χ2v) is 3.02. The highest BCUT2D eigenvalue weighted by molar-refractivity contribution is 5.60. The molecule has 2 aliphatic rings. The summed E-state index contributed by atoms with van der Waals surface area (Å²) >= 11 is 0. The normalized spacial score (nSPS) is 39.1. The molecule has 1 heteroatoms. The lowest BCUT2D eigenvalue weighted by Crippen LogP contribution is -2.14. The highest BCUT2D eigenvalue weighted by Crippen LogP contribution is 2.33. The van der Waals surface area contributed by atoms with Gasteiger partial charge in [-0.15, -0.1) is 0 Å². The molecule has 0 radical (unpaired) electrons. The Hall–Kier alpha value is -1.11. The molecule has 0 bridgehead atoms. The third kappa shape index (κ3) is 0.967. The van der Waals surface area contributed by atoms with Crippen molar-refractivity contribution < 1.29 is 4.79 Å². The smallest absolute Gasteiger partial charge is 0.127 e. The summed E-state index contributed by atoms with van der Waals surface area (Å²) in [6, 6.07) is 0. The maximum atomic E-state index is 10.6. The fraction of sp³-hybridized carbons (Fsp3) is 0.300. The van der Waals surface area contributed by atoms with E-state index in [0.29, 0.717) is 11.8 Å². The minimum absolute atomic E-state index is 0.112. The van der Waals surface area contributed by atoms with E-state index in [1.165, 1.54) is 0 Å². The number of aldehydes is 1. The minimum Gasteiger partial charge on any atom is -0.303 e. The van der Waals surface area contributed by atoms with Crippen molar-refractivity contribution in [2.24, 2.45) is 17.8 Å². The van der Waals surface area contributed by atoms with E-state index in [1.54, 1.807) is 0 Å². The first-order chi connectivity index (χ1) is 5.42. The van der Waals surface area contributed by atoms with Gasteiger partial charge < -0.3 is 4.79 Å². The summed E-state index contributed by atoms with van der Waals surface area (Å²) in [5.41, 5.74) is 0. The number of hydrogen-bond donors (Lipinski definition) is 0. The maximum absolute atomic E-state index is 10.6. The first-order valence-corrected chi connectivity index (χ1v) is 3.90. The third-order valence-corrected chi connectivity index (χ3v) is 2.38. The number of hydrogen-bond acceptors (Lipinski definition) is 1. The lowest BCUT2D eigenvalue weighted by molar-refractivity contribution is -0.110. The monoisotopic (exact) mass is 146 g/mol. The molecule has 0 fully saturated rings. The Bertz CT molecular complexity index is 240. The van der Waals surface area contributed by atoms with Gasteiger partial charge in [-0.2, -0.15) is 0 Å². The summed E-state index contributed by atoms with van der Waals surface area (Å²) in [6.45, 7) is 0. The van der Waals surface area contributed by atoms with E-state index in [9.17, 15) is 4.79 Å². The van der Waals surface area contributed by atoms with Crippen LogP contribution in [0.2, 0.25) is 0 Å². The topological polar surface area (TPSA) is 17.1 Å². The fourth-order valence-electron chi connectivity index (χ4n) is 1.74. The molecule has 0 saturated heterocycles. The highest BCUT2D eigenvalue weighted by Gasteiger charge is 2.28. The van der Waals surface area contributed by atoms with Gasteiger partial charge in [0, 0.05) is 11.8 Å². The van der Waals surface area contributed by atoms with Gasteiger partial charge in [0.05, 0.1) is 0 Å². The summed E-state index contributed by atoms with van der Waals surface area (Å²) in [7, 11) is 0. The van der Waals surface area contributed by atoms with Gasteiger partial charge in [0.2, 0.25) is 0 Å². The van der Waals surface area contributed by atoms with Crippen LogP contribution in [0.1, 0.15) is 0 Å². The van der Waals surface area contributed by atoms with Crippen molar-refractivity contribution in [2.45, 2.75) is 0 Å². The molecule has 0 aromatic carbocycles. The molecule has 11 heavy (non-hydrogen) atoms. The van der Waals surface area contributed by atoms with E-state index >= 15 is 0 Å². The van der Waals surface area contributed by atoms with Crippen molar-refractivity contribution in [3.05, 3.63) is 36.5 Å². The van der Waals surface area contributed by atoms with Crippen LogP contribution < -0.4 is 0 Å². The largest absolute Gasteiger partial charge is 0.303 e. The molecule has 0 aromatic rings. The van der Waals surface area contributed by atoms with Crippen molar-refractivity contribution in [1.82, 2.24) is 0 Å². The molecule has 3 atom stereocenters. The molecule has 0 aromatic heterocycles. The molecule has 3 unspecified atom stereocenters. The van der Waals surface area contributed by atoms with E-state index in [0.717, 1.165) is 6.29 Å². The predicted octanol–water partition coefficient (Wildman–Crippen LogP) is 1.73. The van der Waals surface area contributed by atoms with Crippen LogP contribution in [-0.4, -0.2) is 6.29 Å². The summed E-state index contributed by atoms with van der Waals surface area (Å²) in [4.78, 5) is 10.6. The maximum Gasteiger partial charge on any atom is 0.127 e. The van der Waals surface area contributed by atoms with E-state index in [4.69, 9.17) is 0 Å². The Kier molecular flexibility index (Phi) is 1.50. The molecule has 2 aliphatic carbocycles. The first kappa shape index (κ1) is 6.59. The molecule has 56 valence electrons. The van der Waals surface area contributed by atoms with Crippen LogP contribution in [0.5, 0.6) is 0 Å². The zero-order chi connectivity index (χ0) is 7.68. The lowest BCUT2D eigenvalue weighted by Gasteiger charge is -2.17. The number of rotatable bonds is 1. The predicted molar refractivity (Wildman–Crippen MR) is 44.0 cm³/mol. The molecule has 0 aliphatic heterocycles. The molecule has 0 saturated carbocycles. The van der Waals surface area contributed by atoms with Crippen LogP contribution in [0.4, 0.5) is 0 Å². The zero-order valence-corrected chi connectivity index (χ0v) is 6.18. The molecule has 0 N–H and O–H groups in total. The Labute approximate surface area is 66.1 Å². The van der Waals surface area contributed by atoms with E-state index in [-0.39, 0.29) is 5.92 Å². The van der Waals surface area contributed by atoms with Crippen LogP contribution >= 0.6 is 0 Å². The highest BCUT2D eigenvalue weighted by atomic mass is 16.1. The number of carbonyl (C=O) groups excluding carboxylic acids is 1. The Morgan fingerprint density at radius 2 is 1.82 bits per heavy atom. The van der Waals surface area contributed by atoms with Gasteiger partial charge in [-0.3, -0.25) is 0 Å². The minimum atomic E-state index is 0.112. The standard InChI is InChI=1S/C10H10O/c11-7-9-6-5-8-3-1-2-4-10(8)9/h1-10H. The van der Waals surface area contributed by atoms with Crippen molar-refractivity contribution in [2.75, 3.05) is 0 Å². The third-order valence-electron chi connectivity index (χ3n) is 2.38. The average Bonchev–Trinajstić information content (AvgIpc) is 2.47. The molecule has 0 heterocycles. The van der Waals surface area contributed by atoms with Crippen molar-refractivity contribution in [1.29, 1.82) is 0 Å². The van der Waals surface area contributed by atoms with Crippen molar-refractivity contribution in [3.63, 3.8) is 0 Å². The van der Waals surface area contributed by atoms with Crippen LogP contribution in [0, 0.1) is 17.8 Å². The molecular weight excluding hydrogens is 136 g/mol. The molecular formula is C10H10O. The first-order valence-electron chi connectivity index (χ1n) is 3.90. The van der Waals surface area contributed by atoms with Gasteiger partial charge in [0.1, 0.15) is 6.29 Å². The van der Waals surface area contributed by atoms with Gasteiger partial charge in [-0.1, -0.05) is 36.5 Å². The number of fused-ring (bicyclic) bond motifs is 1. The van der Waals surface area contributed by atoms with Crippen LogP contribution in [0.3, 0.4) is 0 Å². The van der Waals surface area contributed by atoms with Gasteiger partial charge in [-0.05, 0) is 5.92 Å². The number of carbonyl (C=O) groups is 1. The van der Waals surface area contributed by atoms with Crippen LogP contribution in [0.25, 0.3) is 0 Å². The Morgan fingerprint density at radius 3 is 2.64 bits per heavy atom. The van der Waals surface area contributed by atoms with Crippen LogP contribution in [0.15, 0.2) is 36.5 Å². The van der Waals surface area contributed by atoms with Crippen LogP contribution in [-0.2, 0) is 4.79 Å². The molecule has 1 nitrogen and oxygen atoms in total. The van der Waals surface area contributed by atoms with Crippen molar-refractivity contribution in [3.8, 4) is 0 Å². The quantitative estimate of drug-likeness (QED) is 0.406. The summed E-state index contributed by atoms with van der Waals surface area (Å²) in [5, 5.41) is 0. The van der Waals surface area contributed by atoms with Crippen molar-refractivity contribution >= 4 is 6.29 Å². The molecule has 2 rings (SSSR count). The van der Waals surface area contributed by atoms with Gasteiger partial charge >= 0.3 is 0 Å². The Balaban J connectivity index is 2.24. The van der Waals surface area contributed by atoms with E-state index < -0.39 is 0 Å². The summed E-state index contributed by atoms with van der Waals surface area (Å²) in [6.07, 6.45) is 13.5. The summed E-state index contributed by atoms with van der Waals surface area (Å²) in [5.74, 6) is 0.980. The SMILES string of the molecule is O=CC1C=CC2C=CC=CC12. The van der Waals surface area contributed by atoms with Gasteiger partial charge in [-0.25, -0.2) is 0 Å². The molecule has 0 amide bonds. The lowest BCUT2D eigenvalue weighted by atomic mass is 9.86. The van der Waals surface area contributed by atoms with E-state index in [1.807, 2.05) is 18.2 Å². The zero-order valence-electron chi connectivity index (χ0n) is 6.18. The second kappa shape index (κ2) is 2.50. The Morgan fingerprint density at radius 1 is 1.00 bits per heavy atom. The van der Waals surface area contributed by atoms with E-state index in [2.05, 4.69) is 18.2 Å². The van der Waals surface area contributed by atoms with Gasteiger partial charge in [0.25, 0.3) is 0 Å². The molecule has 0 spiro atoms. The average molecular weight is 146 g/mol. The summed E-state index contributed by atoms with van der Waals surface area (Å²) < 4.78 is 0. The fourth-order valence-corrected chi connectivity index (χ4v) is 1.74. The number of allylic oxidation sites excluding steroid dienone is 6. The van der Waals surface area contributed by atoms with Gasteiger partial charge in [0.15, 0.2) is 0 Å². The second-order valence-electron chi connectivity index (χ2n) is 3.02.